The maximum Gasteiger partial charge on any atom is 0.309 e. The topological polar surface area (TPSA) is 103 Å². The molecule has 4 aliphatic carbocycles. The Morgan fingerprint density at radius 3 is 2.50 bits per heavy atom. The van der Waals surface area contributed by atoms with Gasteiger partial charge in [0.15, 0.2) is 11.5 Å². The molecule has 0 radical (unpaired) electrons. The Kier molecular flexibility index (Phi) is 4.89. The Morgan fingerprint density at radius 2 is 1.88 bits per heavy atom. The second-order valence-electron chi connectivity index (χ2n) is 9.55. The lowest BCUT2D eigenvalue weighted by Crippen LogP contribution is -2.61. The minimum Gasteiger partial charge on any atom is -0.493 e. The summed E-state index contributed by atoms with van der Waals surface area (Å²) in [4.78, 5) is 25.5. The first-order valence-corrected chi connectivity index (χ1v) is 11.2. The highest BCUT2D eigenvalue weighted by atomic mass is 35.5. The van der Waals surface area contributed by atoms with Gasteiger partial charge >= 0.3 is 5.97 Å². The number of methoxy groups -OCH3 is 2. The summed E-state index contributed by atoms with van der Waals surface area (Å²) in [6.45, 7) is 0. The number of nitrogens with zero attached hydrogens (tertiary/aromatic N) is 2. The Hall–Kier alpha value is -2.74. The number of benzene rings is 1. The molecule has 32 heavy (non-hydrogen) atoms. The summed E-state index contributed by atoms with van der Waals surface area (Å²) < 4.78 is 12.1. The predicted octanol–water partition coefficient (Wildman–Crippen LogP) is 4.04. The number of carbonyl (C=O) groups is 1. The SMILES string of the molecule is COc1ccc(Nc2cnn(C34CC5CC(CC(C(=O)O)(C5)C3)C4)c(=O)c2Cl)cc1OC. The number of ether oxygens (including phenoxy) is 2. The van der Waals surface area contributed by atoms with Crippen molar-refractivity contribution in [3.05, 3.63) is 39.8 Å². The van der Waals surface area contributed by atoms with Gasteiger partial charge in [0.05, 0.1) is 37.1 Å². The third-order valence-corrected chi connectivity index (χ3v) is 7.88. The van der Waals surface area contributed by atoms with E-state index in [2.05, 4.69) is 10.4 Å². The molecular formula is C23H26ClN3O5. The molecule has 4 fully saturated rings. The summed E-state index contributed by atoms with van der Waals surface area (Å²) in [7, 11) is 3.11. The number of hydrogen-bond donors (Lipinski definition) is 2. The third kappa shape index (κ3) is 3.15. The average Bonchev–Trinajstić information content (AvgIpc) is 2.75. The number of halogens is 1. The van der Waals surface area contributed by atoms with Gasteiger partial charge in [-0.25, -0.2) is 4.68 Å². The Bertz CT molecular complexity index is 1130. The van der Waals surface area contributed by atoms with E-state index in [0.717, 1.165) is 19.3 Å². The van der Waals surface area contributed by atoms with Gasteiger partial charge in [-0.2, -0.15) is 5.10 Å². The van der Waals surface area contributed by atoms with Crippen molar-refractivity contribution in [3.8, 4) is 11.5 Å². The van der Waals surface area contributed by atoms with Crippen LogP contribution in [0.3, 0.4) is 0 Å². The number of carboxylic acids is 1. The number of hydrogen-bond acceptors (Lipinski definition) is 6. The zero-order chi connectivity index (χ0) is 22.7. The van der Waals surface area contributed by atoms with Crippen LogP contribution >= 0.6 is 11.6 Å². The highest BCUT2D eigenvalue weighted by Crippen LogP contribution is 2.63. The van der Waals surface area contributed by atoms with Gasteiger partial charge in [-0.3, -0.25) is 9.59 Å². The van der Waals surface area contributed by atoms with Crippen LogP contribution in [0, 0.1) is 17.3 Å². The maximum absolute atomic E-state index is 13.3. The van der Waals surface area contributed by atoms with Crippen molar-refractivity contribution in [2.45, 2.75) is 44.1 Å². The summed E-state index contributed by atoms with van der Waals surface area (Å²) in [6, 6.07) is 5.29. The van der Waals surface area contributed by atoms with E-state index < -0.39 is 16.9 Å². The first kappa shape index (κ1) is 21.1. The van der Waals surface area contributed by atoms with Gasteiger partial charge in [-0.15, -0.1) is 0 Å². The lowest BCUT2D eigenvalue weighted by atomic mass is 9.47. The van der Waals surface area contributed by atoms with Gasteiger partial charge in [0.2, 0.25) is 0 Å². The van der Waals surface area contributed by atoms with Crippen LogP contribution < -0.4 is 20.3 Å². The molecule has 0 amide bonds. The molecule has 6 rings (SSSR count). The molecule has 2 atom stereocenters. The van der Waals surface area contributed by atoms with Crippen molar-refractivity contribution >= 4 is 28.9 Å². The third-order valence-electron chi connectivity index (χ3n) is 7.51. The first-order chi connectivity index (χ1) is 15.3. The van der Waals surface area contributed by atoms with Gasteiger partial charge in [-0.05, 0) is 62.5 Å². The monoisotopic (exact) mass is 459 g/mol. The van der Waals surface area contributed by atoms with Gasteiger partial charge in [-0.1, -0.05) is 11.6 Å². The summed E-state index contributed by atoms with van der Waals surface area (Å²) in [6.07, 6.45) is 5.98. The van der Waals surface area contributed by atoms with Gasteiger partial charge < -0.3 is 19.9 Å². The number of carboxylic acid groups (broad SMARTS) is 1. The Morgan fingerprint density at radius 1 is 1.19 bits per heavy atom. The molecular weight excluding hydrogens is 434 g/mol. The minimum absolute atomic E-state index is 0.0369. The van der Waals surface area contributed by atoms with E-state index in [9.17, 15) is 14.7 Å². The van der Waals surface area contributed by atoms with E-state index in [-0.39, 0.29) is 10.6 Å². The fraction of sp³-hybridized carbons (Fsp3) is 0.522. The maximum atomic E-state index is 13.3. The second kappa shape index (κ2) is 7.40. The molecule has 0 spiro atoms. The number of rotatable bonds is 6. The van der Waals surface area contributed by atoms with Gasteiger partial charge in [0, 0.05) is 11.8 Å². The molecule has 1 aromatic carbocycles. The molecule has 4 bridgehead atoms. The molecule has 0 saturated heterocycles. The van der Waals surface area contributed by atoms with E-state index in [1.807, 2.05) is 0 Å². The normalized spacial score (nSPS) is 30.2. The predicted molar refractivity (Wildman–Crippen MR) is 119 cm³/mol. The van der Waals surface area contributed by atoms with Crippen LogP contribution in [0.15, 0.2) is 29.2 Å². The van der Waals surface area contributed by atoms with Crippen LogP contribution in [0.4, 0.5) is 11.4 Å². The Labute approximate surface area is 190 Å². The molecule has 4 saturated carbocycles. The fourth-order valence-electron chi connectivity index (χ4n) is 6.64. The van der Waals surface area contributed by atoms with Crippen LogP contribution in [-0.4, -0.2) is 35.1 Å². The molecule has 4 aliphatic rings. The number of anilines is 2. The van der Waals surface area contributed by atoms with Crippen molar-refractivity contribution in [3.63, 3.8) is 0 Å². The van der Waals surface area contributed by atoms with Gasteiger partial charge in [0.25, 0.3) is 5.56 Å². The Balaban J connectivity index is 1.49. The minimum atomic E-state index is -0.756. The zero-order valence-corrected chi connectivity index (χ0v) is 18.8. The highest BCUT2D eigenvalue weighted by molar-refractivity contribution is 6.33. The number of aliphatic carboxylic acids is 1. The molecule has 2 unspecified atom stereocenters. The fourth-order valence-corrected chi connectivity index (χ4v) is 6.82. The zero-order valence-electron chi connectivity index (χ0n) is 18.1. The second-order valence-corrected chi connectivity index (χ2v) is 9.93. The van der Waals surface area contributed by atoms with Crippen LogP contribution in [0.5, 0.6) is 11.5 Å². The van der Waals surface area contributed by atoms with E-state index in [1.165, 1.54) is 4.68 Å². The van der Waals surface area contributed by atoms with Crippen LogP contribution in [-0.2, 0) is 10.3 Å². The van der Waals surface area contributed by atoms with Gasteiger partial charge in [0.1, 0.15) is 5.02 Å². The smallest absolute Gasteiger partial charge is 0.309 e. The largest absolute Gasteiger partial charge is 0.493 e. The lowest BCUT2D eigenvalue weighted by Gasteiger charge is -2.60. The van der Waals surface area contributed by atoms with Crippen molar-refractivity contribution in [1.82, 2.24) is 9.78 Å². The molecule has 170 valence electrons. The van der Waals surface area contributed by atoms with Crippen LogP contribution in [0.25, 0.3) is 0 Å². The first-order valence-electron chi connectivity index (χ1n) is 10.8. The van der Waals surface area contributed by atoms with E-state index in [1.54, 1.807) is 38.6 Å². The summed E-state index contributed by atoms with van der Waals surface area (Å²) in [5.41, 5.74) is -0.667. The standard InChI is InChI=1S/C23H26ClN3O5/c1-31-17-4-3-15(6-18(17)32-2)26-16-11-25-27(20(28)19(16)24)23-9-13-5-14(10-23)8-22(7-13,12-23)21(29)30/h3-4,6,11,13-14,26H,5,7-10,12H2,1-2H3,(H,29,30). The molecule has 2 N–H and O–H groups in total. The summed E-state index contributed by atoms with van der Waals surface area (Å²) >= 11 is 6.51. The van der Waals surface area contributed by atoms with Crippen LogP contribution in [0.1, 0.15) is 38.5 Å². The van der Waals surface area contributed by atoms with Crippen molar-refractivity contribution in [2.75, 3.05) is 19.5 Å². The molecule has 1 aromatic heterocycles. The highest BCUT2D eigenvalue weighted by Gasteiger charge is 2.62. The molecule has 1 heterocycles. The number of aromatic nitrogens is 2. The van der Waals surface area contributed by atoms with Crippen LogP contribution in [0.2, 0.25) is 5.02 Å². The number of nitrogens with one attached hydrogen (secondary N) is 1. The van der Waals surface area contributed by atoms with Crippen molar-refractivity contribution < 1.29 is 19.4 Å². The average molecular weight is 460 g/mol. The molecule has 2 aromatic rings. The summed E-state index contributed by atoms with van der Waals surface area (Å²) in [5, 5.41) is 17.7. The summed E-state index contributed by atoms with van der Waals surface area (Å²) in [5.74, 6) is 1.00. The quantitative estimate of drug-likeness (QED) is 0.672. The van der Waals surface area contributed by atoms with E-state index in [4.69, 9.17) is 21.1 Å². The van der Waals surface area contributed by atoms with E-state index in [0.29, 0.717) is 54.0 Å². The van der Waals surface area contributed by atoms with Crippen molar-refractivity contribution in [2.24, 2.45) is 17.3 Å². The molecule has 0 aliphatic heterocycles. The molecule has 8 nitrogen and oxygen atoms in total. The lowest BCUT2D eigenvalue weighted by molar-refractivity contribution is -0.173. The van der Waals surface area contributed by atoms with Crippen molar-refractivity contribution in [1.29, 1.82) is 0 Å². The van der Waals surface area contributed by atoms with E-state index >= 15 is 0 Å². The molecule has 9 heteroatoms.